The van der Waals surface area contributed by atoms with Crippen LogP contribution in [0.2, 0.25) is 0 Å². The molecule has 1 aromatic carbocycles. The van der Waals surface area contributed by atoms with Gasteiger partial charge in [-0.15, -0.1) is 17.7 Å². The summed E-state index contributed by atoms with van der Waals surface area (Å²) in [4.78, 5) is 11.9. The molecule has 3 nitrogen and oxygen atoms in total. The van der Waals surface area contributed by atoms with Crippen molar-refractivity contribution >= 4 is 5.78 Å². The van der Waals surface area contributed by atoms with E-state index in [0.29, 0.717) is 18.8 Å². The third-order valence-electron chi connectivity index (χ3n) is 2.76. The standard InChI is InChI=1S/C16H23O2.C4H8O.Os/c1-5-6-11-18-14-9-7-13(8-10-14)15(17)12-16(2,3)4;1-3-5-4-2;/h7-10,12H,5-6,11H2,1-4H3;1-4H2;/q-1;-2;. The first-order valence-electron chi connectivity index (χ1n) is 8.13. The van der Waals surface area contributed by atoms with Crippen molar-refractivity contribution in [3.05, 3.63) is 50.1 Å². The molecule has 24 heavy (non-hydrogen) atoms. The average molecular weight is 510 g/mol. The zero-order valence-corrected chi connectivity index (χ0v) is 18.0. The smallest absolute Gasteiger partial charge is 0.116 e. The van der Waals surface area contributed by atoms with E-state index in [4.69, 9.17) is 4.74 Å². The molecule has 0 saturated heterocycles. The summed E-state index contributed by atoms with van der Waals surface area (Å²) < 4.78 is 10.2. The maximum atomic E-state index is 11.9. The molecule has 4 heteroatoms. The second kappa shape index (κ2) is 14.5. The van der Waals surface area contributed by atoms with Crippen LogP contribution in [0.1, 0.15) is 50.9 Å². The summed E-state index contributed by atoms with van der Waals surface area (Å²) >= 11 is 0. The second-order valence-electron chi connectivity index (χ2n) is 6.21. The molecular formula is C20H31O3Os-3. The van der Waals surface area contributed by atoms with E-state index in [-0.39, 0.29) is 31.0 Å². The number of ether oxygens (including phenoxy) is 2. The van der Waals surface area contributed by atoms with E-state index >= 15 is 0 Å². The Hall–Kier alpha value is -0.844. The number of benzene rings is 1. The van der Waals surface area contributed by atoms with E-state index in [1.54, 1.807) is 6.42 Å². The Morgan fingerprint density at radius 1 is 1.12 bits per heavy atom. The second-order valence-corrected chi connectivity index (χ2v) is 6.21. The summed E-state index contributed by atoms with van der Waals surface area (Å²) in [6, 6.07) is 7.37. The summed E-state index contributed by atoms with van der Waals surface area (Å²) in [6.07, 6.45) is 3.93. The van der Waals surface area contributed by atoms with Gasteiger partial charge in [-0.2, -0.15) is 6.42 Å². The summed E-state index contributed by atoms with van der Waals surface area (Å²) in [5.74, 6) is 0.901. The van der Waals surface area contributed by atoms with Crippen molar-refractivity contribution in [2.24, 2.45) is 5.41 Å². The predicted octanol–water partition coefficient (Wildman–Crippen LogP) is 4.97. The number of carbonyl (C=O) groups is 1. The molecule has 0 heterocycles. The Bertz CT molecular complexity index is 420. The third kappa shape index (κ3) is 13.6. The van der Waals surface area contributed by atoms with Gasteiger partial charge in [0.05, 0.1) is 6.61 Å². The first kappa shape index (κ1) is 25.4. The van der Waals surface area contributed by atoms with Crippen LogP contribution in [0, 0.1) is 25.7 Å². The normalized spacial score (nSPS) is 10.1. The van der Waals surface area contributed by atoms with Gasteiger partial charge in [0.2, 0.25) is 0 Å². The Morgan fingerprint density at radius 2 is 1.67 bits per heavy atom. The molecule has 0 unspecified atom stereocenters. The number of carbonyl (C=O) groups excluding carboxylic acids is 1. The first-order chi connectivity index (χ1) is 10.8. The Morgan fingerprint density at radius 3 is 2.04 bits per heavy atom. The van der Waals surface area contributed by atoms with Crippen molar-refractivity contribution in [1.29, 1.82) is 0 Å². The van der Waals surface area contributed by atoms with Crippen molar-refractivity contribution in [3.8, 4) is 5.75 Å². The molecule has 0 aliphatic carbocycles. The molecule has 0 aromatic heterocycles. The van der Waals surface area contributed by atoms with Crippen molar-refractivity contribution in [2.45, 2.75) is 40.5 Å². The van der Waals surface area contributed by atoms with Crippen molar-refractivity contribution in [2.75, 3.05) is 19.8 Å². The van der Waals surface area contributed by atoms with Crippen LogP contribution in [0.5, 0.6) is 5.75 Å². The van der Waals surface area contributed by atoms with Gasteiger partial charge >= 0.3 is 0 Å². The summed E-state index contributed by atoms with van der Waals surface area (Å²) in [6.45, 7) is 16.8. The predicted molar refractivity (Wildman–Crippen MR) is 96.5 cm³/mol. The molecule has 1 aromatic rings. The van der Waals surface area contributed by atoms with Gasteiger partial charge in [-0.1, -0.05) is 52.7 Å². The van der Waals surface area contributed by atoms with Crippen LogP contribution in [-0.2, 0) is 24.5 Å². The number of unbranched alkanes of at least 4 members (excludes halogenated alkanes) is 1. The summed E-state index contributed by atoms with van der Waals surface area (Å²) in [5, 5.41) is 0. The van der Waals surface area contributed by atoms with Crippen LogP contribution < -0.4 is 4.74 Å². The monoisotopic (exact) mass is 511 g/mol. The third-order valence-corrected chi connectivity index (χ3v) is 2.76. The molecule has 140 valence electrons. The molecule has 0 spiro atoms. The minimum atomic E-state index is -0.0899. The molecule has 0 aliphatic heterocycles. The number of ketones is 1. The molecule has 0 radical (unpaired) electrons. The van der Waals surface area contributed by atoms with Crippen molar-refractivity contribution in [3.63, 3.8) is 0 Å². The zero-order chi connectivity index (χ0) is 17.7. The maximum absolute atomic E-state index is 11.9. The van der Waals surface area contributed by atoms with Gasteiger partial charge < -0.3 is 28.1 Å². The van der Waals surface area contributed by atoms with Crippen LogP contribution in [0.25, 0.3) is 0 Å². The van der Waals surface area contributed by atoms with E-state index in [0.717, 1.165) is 25.2 Å². The SMILES string of the molecule is CCCCOc1ccc(C(=O)[CH-]C(C)(C)C)cc1.[CH2-]COC[CH2-].[Os]. The van der Waals surface area contributed by atoms with Crippen LogP contribution in [0.3, 0.4) is 0 Å². The van der Waals surface area contributed by atoms with Gasteiger partial charge in [-0.3, -0.25) is 0 Å². The molecule has 1 rings (SSSR count). The fourth-order valence-electron chi connectivity index (χ4n) is 1.63. The fraction of sp³-hybridized carbons (Fsp3) is 0.500. The molecular weight excluding hydrogens is 478 g/mol. The average Bonchev–Trinajstić information content (AvgIpc) is 2.48. The molecule has 0 atom stereocenters. The Kier molecular flexibility index (Phi) is 15.3. The topological polar surface area (TPSA) is 35.5 Å². The number of rotatable bonds is 8. The first-order valence-corrected chi connectivity index (χ1v) is 8.13. The quantitative estimate of drug-likeness (QED) is 0.282. The largest absolute Gasteiger partial charge is 0.494 e. The zero-order valence-electron chi connectivity index (χ0n) is 15.4. The van der Waals surface area contributed by atoms with Gasteiger partial charge in [0.25, 0.3) is 0 Å². The van der Waals surface area contributed by atoms with E-state index < -0.39 is 0 Å². The van der Waals surface area contributed by atoms with Crippen LogP contribution in [0.15, 0.2) is 24.3 Å². The summed E-state index contributed by atoms with van der Waals surface area (Å²) in [5.41, 5.74) is 0.626. The molecule has 0 amide bonds. The molecule has 0 saturated carbocycles. The van der Waals surface area contributed by atoms with Gasteiger partial charge in [0.15, 0.2) is 0 Å². The molecule has 0 bridgehead atoms. The minimum absolute atomic E-state index is 0. The van der Waals surface area contributed by atoms with Crippen molar-refractivity contribution < 1.29 is 34.1 Å². The van der Waals surface area contributed by atoms with Crippen molar-refractivity contribution in [1.82, 2.24) is 0 Å². The summed E-state index contributed by atoms with van der Waals surface area (Å²) in [7, 11) is 0. The minimum Gasteiger partial charge on any atom is -0.494 e. The fourth-order valence-corrected chi connectivity index (χ4v) is 1.63. The number of Topliss-reactive ketones (excluding diaryl/α,β-unsaturated/α-hetero) is 1. The van der Waals surface area contributed by atoms with E-state index in [1.807, 2.05) is 45.0 Å². The molecule has 0 fully saturated rings. The van der Waals surface area contributed by atoms with E-state index in [1.165, 1.54) is 0 Å². The Balaban J connectivity index is 0. The number of hydrogen-bond acceptors (Lipinski definition) is 3. The van der Waals surface area contributed by atoms with Gasteiger partial charge in [0, 0.05) is 25.6 Å². The van der Waals surface area contributed by atoms with E-state index in [9.17, 15) is 4.79 Å². The van der Waals surface area contributed by atoms with E-state index in [2.05, 4.69) is 25.5 Å². The van der Waals surface area contributed by atoms with Gasteiger partial charge in [-0.05, 0) is 18.6 Å². The van der Waals surface area contributed by atoms with Gasteiger partial charge in [-0.25, -0.2) is 0 Å². The van der Waals surface area contributed by atoms with Crippen LogP contribution >= 0.6 is 0 Å². The molecule has 0 N–H and O–H groups in total. The van der Waals surface area contributed by atoms with Crippen LogP contribution in [-0.4, -0.2) is 25.6 Å². The van der Waals surface area contributed by atoms with Crippen LogP contribution in [0.4, 0.5) is 0 Å². The Labute approximate surface area is 161 Å². The molecule has 0 aliphatic rings. The number of hydrogen-bond donors (Lipinski definition) is 0. The maximum Gasteiger partial charge on any atom is 0.116 e. The van der Waals surface area contributed by atoms with Gasteiger partial charge in [0.1, 0.15) is 5.75 Å².